The van der Waals surface area contributed by atoms with Crippen molar-refractivity contribution in [3.63, 3.8) is 0 Å². The summed E-state index contributed by atoms with van der Waals surface area (Å²) in [5.74, 6) is 1.65. The van der Waals surface area contributed by atoms with Crippen molar-refractivity contribution in [2.45, 2.75) is 62.8 Å². The first-order chi connectivity index (χ1) is 9.76. The first-order valence-electron chi connectivity index (χ1n) is 7.95. The Bertz CT molecular complexity index is 462. The second-order valence-corrected chi connectivity index (χ2v) is 7.66. The van der Waals surface area contributed by atoms with Crippen molar-refractivity contribution in [1.29, 1.82) is 0 Å². The van der Waals surface area contributed by atoms with Crippen molar-refractivity contribution >= 4 is 11.8 Å². The first-order valence-corrected chi connectivity index (χ1v) is 9.00. The number of aromatic hydroxyl groups is 1. The molecule has 1 fully saturated rings. The largest absolute Gasteiger partial charge is 0.508 e. The molecule has 0 amide bonds. The summed E-state index contributed by atoms with van der Waals surface area (Å²) in [6, 6.07) is 7.09. The predicted octanol–water partition coefficient (Wildman–Crippen LogP) is 4.03. The normalized spacial score (nSPS) is 29.4. The van der Waals surface area contributed by atoms with E-state index in [1.165, 1.54) is 49.0 Å². The highest BCUT2D eigenvalue weighted by Crippen LogP contribution is 2.35. The lowest BCUT2D eigenvalue weighted by atomic mass is 9.87. The van der Waals surface area contributed by atoms with Gasteiger partial charge in [0, 0.05) is 17.3 Å². The Hall–Kier alpha value is -0.670. The fourth-order valence-electron chi connectivity index (χ4n) is 3.74. The molecule has 0 bridgehead atoms. The van der Waals surface area contributed by atoms with Gasteiger partial charge in [0.1, 0.15) is 5.75 Å². The van der Waals surface area contributed by atoms with Crippen LogP contribution >= 0.6 is 11.8 Å². The SMILES string of the molecule is CCSC1CCC(NC2CCCc3cc(O)ccc32)C1. The van der Waals surface area contributed by atoms with E-state index in [1.54, 1.807) is 0 Å². The van der Waals surface area contributed by atoms with Crippen LogP contribution in [0.15, 0.2) is 18.2 Å². The molecule has 110 valence electrons. The Balaban J connectivity index is 1.65. The van der Waals surface area contributed by atoms with Crippen molar-refractivity contribution < 1.29 is 5.11 Å². The molecule has 0 heterocycles. The number of rotatable bonds is 4. The van der Waals surface area contributed by atoms with E-state index in [0.29, 0.717) is 17.8 Å². The van der Waals surface area contributed by atoms with Gasteiger partial charge >= 0.3 is 0 Å². The lowest BCUT2D eigenvalue weighted by Crippen LogP contribution is -2.33. The van der Waals surface area contributed by atoms with Crippen LogP contribution in [0, 0.1) is 0 Å². The van der Waals surface area contributed by atoms with Gasteiger partial charge < -0.3 is 10.4 Å². The summed E-state index contributed by atoms with van der Waals surface area (Å²) in [6.45, 7) is 2.26. The summed E-state index contributed by atoms with van der Waals surface area (Å²) in [5, 5.41) is 14.4. The Morgan fingerprint density at radius 3 is 3.05 bits per heavy atom. The third-order valence-electron chi connectivity index (χ3n) is 4.66. The Kier molecular flexibility index (Phi) is 4.57. The minimum Gasteiger partial charge on any atom is -0.508 e. The first kappa shape index (κ1) is 14.3. The second kappa shape index (κ2) is 6.40. The lowest BCUT2D eigenvalue weighted by molar-refractivity contribution is 0.396. The fourth-order valence-corrected chi connectivity index (χ4v) is 4.88. The van der Waals surface area contributed by atoms with E-state index >= 15 is 0 Å². The van der Waals surface area contributed by atoms with Gasteiger partial charge in [-0.15, -0.1) is 0 Å². The third-order valence-corrected chi connectivity index (χ3v) is 5.90. The fraction of sp³-hybridized carbons (Fsp3) is 0.647. The smallest absolute Gasteiger partial charge is 0.115 e. The van der Waals surface area contributed by atoms with E-state index < -0.39 is 0 Å². The average Bonchev–Trinajstić information content (AvgIpc) is 2.86. The van der Waals surface area contributed by atoms with Crippen molar-refractivity contribution in [2.75, 3.05) is 5.75 Å². The van der Waals surface area contributed by atoms with Crippen LogP contribution in [0.2, 0.25) is 0 Å². The highest BCUT2D eigenvalue weighted by atomic mass is 32.2. The number of hydrogen-bond donors (Lipinski definition) is 2. The molecule has 3 rings (SSSR count). The van der Waals surface area contributed by atoms with Crippen LogP contribution in [0.5, 0.6) is 5.75 Å². The molecule has 3 heteroatoms. The number of phenolic OH excluding ortho intramolecular Hbond substituents is 1. The molecule has 1 saturated carbocycles. The topological polar surface area (TPSA) is 32.3 Å². The Labute approximate surface area is 126 Å². The van der Waals surface area contributed by atoms with E-state index in [1.807, 2.05) is 12.1 Å². The number of thioether (sulfide) groups is 1. The molecular formula is C17H25NOS. The molecule has 1 aromatic carbocycles. The second-order valence-electron chi connectivity index (χ2n) is 6.08. The van der Waals surface area contributed by atoms with E-state index in [4.69, 9.17) is 0 Å². The highest BCUT2D eigenvalue weighted by Gasteiger charge is 2.28. The van der Waals surface area contributed by atoms with Crippen molar-refractivity contribution in [3.05, 3.63) is 29.3 Å². The van der Waals surface area contributed by atoms with Crippen molar-refractivity contribution in [1.82, 2.24) is 5.32 Å². The maximum atomic E-state index is 9.63. The zero-order valence-electron chi connectivity index (χ0n) is 12.3. The lowest BCUT2D eigenvalue weighted by Gasteiger charge is -2.29. The number of nitrogens with one attached hydrogen (secondary N) is 1. The summed E-state index contributed by atoms with van der Waals surface area (Å²) >= 11 is 2.12. The number of hydrogen-bond acceptors (Lipinski definition) is 3. The van der Waals surface area contributed by atoms with Crippen molar-refractivity contribution in [2.24, 2.45) is 0 Å². The van der Waals surface area contributed by atoms with E-state index in [-0.39, 0.29) is 0 Å². The monoisotopic (exact) mass is 291 g/mol. The molecule has 0 aromatic heterocycles. The number of aryl methyl sites for hydroxylation is 1. The molecule has 3 atom stereocenters. The molecule has 2 aliphatic rings. The molecule has 2 N–H and O–H groups in total. The van der Waals surface area contributed by atoms with Gasteiger partial charge in [-0.1, -0.05) is 13.0 Å². The van der Waals surface area contributed by atoms with Gasteiger partial charge in [0.2, 0.25) is 0 Å². The van der Waals surface area contributed by atoms with E-state index in [9.17, 15) is 5.11 Å². The standard InChI is InChI=1S/C17H25NOS/c1-2-20-15-8-6-13(11-15)18-17-5-3-4-12-10-14(19)7-9-16(12)17/h7,9-10,13,15,17-19H,2-6,8,11H2,1H3. The number of benzene rings is 1. The van der Waals surface area contributed by atoms with Gasteiger partial charge in [0.25, 0.3) is 0 Å². The van der Waals surface area contributed by atoms with Gasteiger partial charge in [-0.3, -0.25) is 0 Å². The van der Waals surface area contributed by atoms with E-state index in [0.717, 1.165) is 11.7 Å². The Morgan fingerprint density at radius 1 is 1.30 bits per heavy atom. The van der Waals surface area contributed by atoms with Crippen molar-refractivity contribution in [3.8, 4) is 5.75 Å². The molecule has 2 aliphatic carbocycles. The summed E-state index contributed by atoms with van der Waals surface area (Å²) < 4.78 is 0. The van der Waals surface area contributed by atoms with Gasteiger partial charge in [-0.2, -0.15) is 11.8 Å². The van der Waals surface area contributed by atoms with Gasteiger partial charge in [-0.05, 0) is 67.5 Å². The zero-order chi connectivity index (χ0) is 13.9. The zero-order valence-corrected chi connectivity index (χ0v) is 13.1. The molecule has 0 radical (unpaired) electrons. The minimum absolute atomic E-state index is 0.407. The van der Waals surface area contributed by atoms with Crippen LogP contribution in [0.3, 0.4) is 0 Å². The maximum absolute atomic E-state index is 9.63. The van der Waals surface area contributed by atoms with Gasteiger partial charge in [0.15, 0.2) is 0 Å². The summed E-state index contributed by atoms with van der Waals surface area (Å²) in [7, 11) is 0. The molecule has 3 unspecified atom stereocenters. The van der Waals surface area contributed by atoms with Gasteiger partial charge in [0.05, 0.1) is 0 Å². The summed E-state index contributed by atoms with van der Waals surface area (Å²) in [4.78, 5) is 0. The summed E-state index contributed by atoms with van der Waals surface area (Å²) in [6.07, 6.45) is 7.59. The third kappa shape index (κ3) is 3.15. The highest BCUT2D eigenvalue weighted by molar-refractivity contribution is 7.99. The maximum Gasteiger partial charge on any atom is 0.115 e. The molecule has 0 aliphatic heterocycles. The van der Waals surface area contributed by atoms with Crippen LogP contribution in [0.25, 0.3) is 0 Å². The molecule has 20 heavy (non-hydrogen) atoms. The van der Waals surface area contributed by atoms with E-state index in [2.05, 4.69) is 30.1 Å². The predicted molar refractivity (Wildman–Crippen MR) is 86.5 cm³/mol. The molecule has 1 aromatic rings. The minimum atomic E-state index is 0.407. The molecule has 0 spiro atoms. The Morgan fingerprint density at radius 2 is 2.20 bits per heavy atom. The number of fused-ring (bicyclic) bond motifs is 1. The summed E-state index contributed by atoms with van der Waals surface area (Å²) in [5.41, 5.74) is 2.76. The molecule has 0 saturated heterocycles. The van der Waals surface area contributed by atoms with Crippen LogP contribution < -0.4 is 5.32 Å². The molecule has 2 nitrogen and oxygen atoms in total. The van der Waals surface area contributed by atoms with Crippen LogP contribution in [-0.2, 0) is 6.42 Å². The van der Waals surface area contributed by atoms with Crippen LogP contribution in [0.4, 0.5) is 0 Å². The molecular weight excluding hydrogens is 266 g/mol. The van der Waals surface area contributed by atoms with Crippen LogP contribution in [-0.4, -0.2) is 22.2 Å². The number of phenols is 1. The van der Waals surface area contributed by atoms with Gasteiger partial charge in [-0.25, -0.2) is 0 Å². The van der Waals surface area contributed by atoms with Crippen LogP contribution in [0.1, 0.15) is 56.2 Å². The quantitative estimate of drug-likeness (QED) is 0.878. The average molecular weight is 291 g/mol.